The minimum absolute atomic E-state index is 0.0120. The van der Waals surface area contributed by atoms with Gasteiger partial charge in [-0.2, -0.15) is 0 Å². The van der Waals surface area contributed by atoms with Gasteiger partial charge in [0.25, 0.3) is 0 Å². The molecule has 6 aromatic rings. The maximum Gasteiger partial charge on any atom is 0.120 e. The second kappa shape index (κ2) is 14.6. The van der Waals surface area contributed by atoms with Gasteiger partial charge in [0.05, 0.1) is 57.3 Å². The Morgan fingerprint density at radius 3 is 1.38 bits per heavy atom. The fraction of sp³-hybridized carbons (Fsp3) is 0.319. The number of hydrogen-bond donors (Lipinski definition) is 0. The molecule has 53 heavy (non-hydrogen) atoms. The van der Waals surface area contributed by atoms with Gasteiger partial charge in [-0.1, -0.05) is 84.9 Å². The SMILES string of the molecule is CC(COc1ccc2cc(C3(c4ccc5cc(OCC(C)OCC6COC6)ccc5c4)c4ccccc4-c4ccccc43)ccc2c1)OCC1COC1. The number of hydrogen-bond acceptors (Lipinski definition) is 6. The van der Waals surface area contributed by atoms with Gasteiger partial charge in [-0.05, 0) is 105 Å². The van der Waals surface area contributed by atoms with Crippen molar-refractivity contribution in [3.05, 3.63) is 144 Å². The van der Waals surface area contributed by atoms with Crippen LogP contribution in [0.3, 0.4) is 0 Å². The van der Waals surface area contributed by atoms with Crippen LogP contribution >= 0.6 is 0 Å². The fourth-order valence-electron chi connectivity index (χ4n) is 8.00. The van der Waals surface area contributed by atoms with E-state index in [1.165, 1.54) is 44.2 Å². The molecule has 3 aliphatic rings. The molecule has 0 saturated carbocycles. The molecule has 2 saturated heterocycles. The van der Waals surface area contributed by atoms with E-state index in [0.29, 0.717) is 25.0 Å². The number of benzene rings is 6. The van der Waals surface area contributed by atoms with Gasteiger partial charge in [0.1, 0.15) is 24.7 Å². The van der Waals surface area contributed by atoms with Gasteiger partial charge in [-0.25, -0.2) is 0 Å². The molecule has 2 atom stereocenters. The Hall–Kier alpha value is -4.72. The van der Waals surface area contributed by atoms with Crippen molar-refractivity contribution < 1.29 is 28.4 Å². The van der Waals surface area contributed by atoms with Crippen molar-refractivity contribution in [2.75, 3.05) is 52.9 Å². The highest BCUT2D eigenvalue weighted by atomic mass is 16.5. The van der Waals surface area contributed by atoms with Crippen molar-refractivity contribution in [3.8, 4) is 22.6 Å². The Labute approximate surface area is 311 Å². The van der Waals surface area contributed by atoms with Gasteiger partial charge in [0.2, 0.25) is 0 Å². The Morgan fingerprint density at radius 1 is 0.528 bits per heavy atom. The quantitative estimate of drug-likeness (QED) is 0.112. The van der Waals surface area contributed by atoms with E-state index in [0.717, 1.165) is 61.9 Å². The molecule has 2 aliphatic heterocycles. The summed E-state index contributed by atoms with van der Waals surface area (Å²) in [7, 11) is 0. The largest absolute Gasteiger partial charge is 0.491 e. The van der Waals surface area contributed by atoms with Crippen LogP contribution in [0.15, 0.2) is 121 Å². The van der Waals surface area contributed by atoms with E-state index in [-0.39, 0.29) is 12.2 Å². The molecule has 6 aromatic carbocycles. The van der Waals surface area contributed by atoms with Gasteiger partial charge in [-0.3, -0.25) is 0 Å². The molecule has 0 N–H and O–H groups in total. The molecule has 0 spiro atoms. The second-order valence-corrected chi connectivity index (χ2v) is 15.0. The molecule has 0 bridgehead atoms. The molecule has 6 heteroatoms. The zero-order chi connectivity index (χ0) is 35.8. The van der Waals surface area contributed by atoms with Crippen LogP contribution in [0.2, 0.25) is 0 Å². The topological polar surface area (TPSA) is 55.4 Å². The van der Waals surface area contributed by atoms with Crippen LogP contribution < -0.4 is 9.47 Å². The van der Waals surface area contributed by atoms with E-state index in [1.807, 2.05) is 0 Å². The van der Waals surface area contributed by atoms with Gasteiger partial charge < -0.3 is 28.4 Å². The van der Waals surface area contributed by atoms with Crippen LogP contribution in [0.5, 0.6) is 11.5 Å². The molecule has 2 heterocycles. The average molecular weight is 707 g/mol. The lowest BCUT2D eigenvalue weighted by atomic mass is 9.67. The zero-order valence-electron chi connectivity index (χ0n) is 30.5. The number of rotatable bonds is 14. The van der Waals surface area contributed by atoms with E-state index < -0.39 is 5.41 Å². The summed E-state index contributed by atoms with van der Waals surface area (Å²) in [6.45, 7) is 9.76. The summed E-state index contributed by atoms with van der Waals surface area (Å²) in [5.74, 6) is 2.72. The van der Waals surface area contributed by atoms with Crippen molar-refractivity contribution in [1.29, 1.82) is 0 Å². The van der Waals surface area contributed by atoms with Crippen molar-refractivity contribution in [2.24, 2.45) is 11.8 Å². The van der Waals surface area contributed by atoms with Crippen molar-refractivity contribution in [1.82, 2.24) is 0 Å². The molecule has 2 fully saturated rings. The van der Waals surface area contributed by atoms with Crippen LogP contribution in [0.1, 0.15) is 36.1 Å². The summed E-state index contributed by atoms with van der Waals surface area (Å²) in [6.07, 6.45) is 0.0240. The average Bonchev–Trinajstić information content (AvgIpc) is 3.45. The first-order valence-electron chi connectivity index (χ1n) is 19.0. The third-order valence-electron chi connectivity index (χ3n) is 11.1. The molecule has 0 amide bonds. The summed E-state index contributed by atoms with van der Waals surface area (Å²) >= 11 is 0. The van der Waals surface area contributed by atoms with Gasteiger partial charge in [0.15, 0.2) is 0 Å². The molecule has 0 radical (unpaired) electrons. The standard InChI is InChI=1S/C47H46O6/c1-31(50-29-33-25-48-26-33)23-52-41-17-13-35-19-39(15-11-37(35)21-41)47(45-9-5-3-7-43(45)44-8-4-6-10-46(44)47)40-16-12-38-22-42(18-14-36(38)20-40)53-24-32(2)51-30-34-27-49-28-34/h3-22,31-34H,23-30H2,1-2H3. The van der Waals surface area contributed by atoms with Gasteiger partial charge in [-0.15, -0.1) is 0 Å². The lowest BCUT2D eigenvalue weighted by Gasteiger charge is -2.34. The third-order valence-corrected chi connectivity index (χ3v) is 11.1. The molecular formula is C47H46O6. The number of fused-ring (bicyclic) bond motifs is 5. The van der Waals surface area contributed by atoms with E-state index >= 15 is 0 Å². The normalized spacial score (nSPS) is 17.5. The van der Waals surface area contributed by atoms with Crippen LogP contribution in [-0.2, 0) is 24.4 Å². The Kier molecular flexibility index (Phi) is 9.39. The maximum atomic E-state index is 6.20. The summed E-state index contributed by atoms with van der Waals surface area (Å²) in [5.41, 5.74) is 7.11. The Balaban J connectivity index is 1.03. The van der Waals surface area contributed by atoms with Crippen molar-refractivity contribution in [3.63, 3.8) is 0 Å². The molecule has 2 unspecified atom stereocenters. The van der Waals surface area contributed by atoms with Crippen LogP contribution in [-0.4, -0.2) is 65.1 Å². The minimum Gasteiger partial charge on any atom is -0.491 e. The minimum atomic E-state index is -0.504. The highest BCUT2D eigenvalue weighted by Gasteiger charge is 2.46. The van der Waals surface area contributed by atoms with Gasteiger partial charge >= 0.3 is 0 Å². The lowest BCUT2D eigenvalue weighted by Crippen LogP contribution is -2.33. The summed E-state index contributed by atoms with van der Waals surface area (Å²) < 4.78 is 34.9. The van der Waals surface area contributed by atoms with Crippen LogP contribution in [0, 0.1) is 11.8 Å². The second-order valence-electron chi connectivity index (χ2n) is 15.0. The Bertz CT molecular complexity index is 2080. The zero-order valence-corrected chi connectivity index (χ0v) is 30.5. The third kappa shape index (κ3) is 6.59. The molecule has 9 rings (SSSR count). The van der Waals surface area contributed by atoms with E-state index in [2.05, 4.69) is 135 Å². The molecular weight excluding hydrogens is 661 g/mol. The summed E-state index contributed by atoms with van der Waals surface area (Å²) in [5, 5.41) is 4.63. The van der Waals surface area contributed by atoms with Crippen molar-refractivity contribution >= 4 is 21.5 Å². The van der Waals surface area contributed by atoms with E-state index in [4.69, 9.17) is 28.4 Å². The smallest absolute Gasteiger partial charge is 0.120 e. The first-order valence-corrected chi connectivity index (χ1v) is 19.0. The van der Waals surface area contributed by atoms with Crippen LogP contribution in [0.4, 0.5) is 0 Å². The molecule has 270 valence electrons. The highest BCUT2D eigenvalue weighted by Crippen LogP contribution is 2.56. The van der Waals surface area contributed by atoms with Crippen molar-refractivity contribution in [2.45, 2.75) is 31.5 Å². The number of ether oxygens (including phenoxy) is 6. The Morgan fingerprint density at radius 2 is 0.943 bits per heavy atom. The maximum absolute atomic E-state index is 6.20. The fourth-order valence-corrected chi connectivity index (χ4v) is 8.00. The van der Waals surface area contributed by atoms with Gasteiger partial charge in [0, 0.05) is 11.8 Å². The monoisotopic (exact) mass is 706 g/mol. The summed E-state index contributed by atoms with van der Waals surface area (Å²) in [4.78, 5) is 0. The molecule has 0 aromatic heterocycles. The first kappa shape index (κ1) is 34.1. The van der Waals surface area contributed by atoms with Crippen LogP contribution in [0.25, 0.3) is 32.7 Å². The van der Waals surface area contributed by atoms with E-state index in [9.17, 15) is 0 Å². The predicted octanol–water partition coefficient (Wildman–Crippen LogP) is 9.22. The molecule has 6 nitrogen and oxygen atoms in total. The lowest BCUT2D eigenvalue weighted by molar-refractivity contribution is -0.0894. The summed E-state index contributed by atoms with van der Waals surface area (Å²) in [6, 6.07) is 44.4. The predicted molar refractivity (Wildman–Crippen MR) is 209 cm³/mol. The first-order chi connectivity index (χ1) is 26.0. The highest BCUT2D eigenvalue weighted by molar-refractivity contribution is 5.92. The van der Waals surface area contributed by atoms with E-state index in [1.54, 1.807) is 0 Å². The molecule has 1 aliphatic carbocycles.